The van der Waals surface area contributed by atoms with Crippen molar-refractivity contribution in [3.63, 3.8) is 0 Å². The molecule has 0 saturated heterocycles. The summed E-state index contributed by atoms with van der Waals surface area (Å²) >= 11 is 0. The molecule has 1 amide bonds. The van der Waals surface area contributed by atoms with Gasteiger partial charge >= 0.3 is 5.97 Å². The summed E-state index contributed by atoms with van der Waals surface area (Å²) < 4.78 is 0. The highest BCUT2D eigenvalue weighted by molar-refractivity contribution is 5.90. The number of aliphatic carboxylic acids is 1. The maximum Gasteiger partial charge on any atom is 0.326 e. The SMILES string of the molecule is CC(C)C[C@H](NC(=O)Cc1c[nH]c2ccccc12)C(=O)O. The van der Waals surface area contributed by atoms with Crippen molar-refractivity contribution in [2.24, 2.45) is 5.92 Å². The van der Waals surface area contributed by atoms with E-state index >= 15 is 0 Å². The van der Waals surface area contributed by atoms with Crippen molar-refractivity contribution in [3.05, 3.63) is 36.0 Å². The molecule has 0 saturated carbocycles. The summed E-state index contributed by atoms with van der Waals surface area (Å²) in [6.45, 7) is 3.86. The molecule has 0 spiro atoms. The minimum Gasteiger partial charge on any atom is -0.480 e. The smallest absolute Gasteiger partial charge is 0.326 e. The highest BCUT2D eigenvalue weighted by Gasteiger charge is 2.21. The summed E-state index contributed by atoms with van der Waals surface area (Å²) in [5, 5.41) is 12.7. The van der Waals surface area contributed by atoms with Gasteiger partial charge in [0.05, 0.1) is 6.42 Å². The lowest BCUT2D eigenvalue weighted by atomic mass is 10.0. The van der Waals surface area contributed by atoms with E-state index in [1.165, 1.54) is 0 Å². The van der Waals surface area contributed by atoms with Crippen LogP contribution in [0.25, 0.3) is 10.9 Å². The van der Waals surface area contributed by atoms with E-state index in [4.69, 9.17) is 5.11 Å². The van der Waals surface area contributed by atoms with E-state index in [-0.39, 0.29) is 18.2 Å². The first-order valence-electron chi connectivity index (χ1n) is 7.04. The Hall–Kier alpha value is -2.30. The third-order valence-electron chi connectivity index (χ3n) is 3.37. The third-order valence-corrected chi connectivity index (χ3v) is 3.37. The number of carboxylic acids is 1. The maximum absolute atomic E-state index is 12.1. The molecule has 1 atom stereocenters. The zero-order valence-electron chi connectivity index (χ0n) is 12.2. The number of carbonyl (C=O) groups excluding carboxylic acids is 1. The summed E-state index contributed by atoms with van der Waals surface area (Å²) in [6, 6.07) is 6.89. The normalized spacial score (nSPS) is 12.5. The second kappa shape index (κ2) is 6.43. The van der Waals surface area contributed by atoms with Gasteiger partial charge in [-0.1, -0.05) is 32.0 Å². The van der Waals surface area contributed by atoms with E-state index < -0.39 is 12.0 Å². The number of para-hydroxylation sites is 1. The zero-order chi connectivity index (χ0) is 15.4. The number of hydrogen-bond donors (Lipinski definition) is 3. The fraction of sp³-hybridized carbons (Fsp3) is 0.375. The fourth-order valence-corrected chi connectivity index (χ4v) is 2.39. The third kappa shape index (κ3) is 3.84. The average molecular weight is 288 g/mol. The lowest BCUT2D eigenvalue weighted by Gasteiger charge is -2.16. The number of carboxylic acid groups (broad SMARTS) is 1. The van der Waals surface area contributed by atoms with Gasteiger partial charge in [-0.3, -0.25) is 4.79 Å². The number of benzene rings is 1. The van der Waals surface area contributed by atoms with Crippen LogP contribution in [0.3, 0.4) is 0 Å². The summed E-state index contributed by atoms with van der Waals surface area (Å²) in [6.07, 6.45) is 2.39. The highest BCUT2D eigenvalue weighted by atomic mass is 16.4. The minimum absolute atomic E-state index is 0.173. The second-order valence-corrected chi connectivity index (χ2v) is 5.62. The average Bonchev–Trinajstić information content (AvgIpc) is 2.81. The predicted molar refractivity (Wildman–Crippen MR) is 81.0 cm³/mol. The van der Waals surface area contributed by atoms with E-state index in [1.807, 2.05) is 38.1 Å². The van der Waals surface area contributed by atoms with Crippen LogP contribution in [0.4, 0.5) is 0 Å². The Morgan fingerprint density at radius 3 is 2.67 bits per heavy atom. The molecule has 5 nitrogen and oxygen atoms in total. The number of aromatic amines is 1. The first kappa shape index (κ1) is 15.1. The Morgan fingerprint density at radius 2 is 2.00 bits per heavy atom. The van der Waals surface area contributed by atoms with Gasteiger partial charge in [-0.15, -0.1) is 0 Å². The van der Waals surface area contributed by atoms with Crippen molar-refractivity contribution in [1.29, 1.82) is 0 Å². The molecule has 1 aromatic carbocycles. The van der Waals surface area contributed by atoms with E-state index in [1.54, 1.807) is 6.20 Å². The number of hydrogen-bond acceptors (Lipinski definition) is 2. The van der Waals surface area contributed by atoms with Crippen molar-refractivity contribution in [3.8, 4) is 0 Å². The molecule has 1 aromatic heterocycles. The van der Waals surface area contributed by atoms with Crippen molar-refractivity contribution in [2.45, 2.75) is 32.7 Å². The number of fused-ring (bicyclic) bond motifs is 1. The number of nitrogens with one attached hydrogen (secondary N) is 2. The molecule has 0 aliphatic rings. The summed E-state index contributed by atoms with van der Waals surface area (Å²) in [5.74, 6) is -1.05. The van der Waals surface area contributed by atoms with E-state index in [0.717, 1.165) is 16.5 Å². The lowest BCUT2D eigenvalue weighted by Crippen LogP contribution is -2.42. The molecule has 0 aliphatic heterocycles. The molecule has 0 fully saturated rings. The Kier molecular flexibility index (Phi) is 4.62. The lowest BCUT2D eigenvalue weighted by molar-refractivity contribution is -0.142. The predicted octanol–water partition coefficient (Wildman–Crippen LogP) is 2.33. The second-order valence-electron chi connectivity index (χ2n) is 5.62. The number of amides is 1. The van der Waals surface area contributed by atoms with Crippen molar-refractivity contribution in [2.75, 3.05) is 0 Å². The summed E-state index contributed by atoms with van der Waals surface area (Å²) in [4.78, 5) is 26.3. The first-order valence-corrected chi connectivity index (χ1v) is 7.04. The molecular formula is C16H20N2O3. The molecule has 3 N–H and O–H groups in total. The van der Waals surface area contributed by atoms with Gasteiger partial charge in [-0.2, -0.15) is 0 Å². The van der Waals surface area contributed by atoms with Crippen LogP contribution in [-0.2, 0) is 16.0 Å². The Morgan fingerprint density at radius 1 is 1.29 bits per heavy atom. The van der Waals surface area contributed by atoms with E-state index in [9.17, 15) is 9.59 Å². The van der Waals surface area contributed by atoms with Crippen molar-refractivity contribution < 1.29 is 14.7 Å². The molecule has 1 heterocycles. The Labute approximate surface area is 123 Å². The molecule has 21 heavy (non-hydrogen) atoms. The number of carbonyl (C=O) groups is 2. The number of aromatic nitrogens is 1. The minimum atomic E-state index is -0.990. The molecule has 2 aromatic rings. The molecule has 2 rings (SSSR count). The molecule has 0 unspecified atom stereocenters. The van der Waals surface area contributed by atoms with Gasteiger partial charge in [-0.05, 0) is 24.0 Å². The standard InChI is InChI=1S/C16H20N2O3/c1-10(2)7-14(16(20)21)18-15(19)8-11-9-17-13-6-4-3-5-12(11)13/h3-6,9-10,14,17H,7-8H2,1-2H3,(H,18,19)(H,20,21)/t14-/m0/s1. The molecular weight excluding hydrogens is 268 g/mol. The van der Waals surface area contributed by atoms with Crippen molar-refractivity contribution in [1.82, 2.24) is 10.3 Å². The van der Waals surface area contributed by atoms with Gasteiger partial charge in [0, 0.05) is 17.1 Å². The van der Waals surface area contributed by atoms with Gasteiger partial charge in [0.2, 0.25) is 5.91 Å². The van der Waals surface area contributed by atoms with E-state index in [0.29, 0.717) is 6.42 Å². The van der Waals surface area contributed by atoms with Crippen LogP contribution in [0.2, 0.25) is 0 Å². The topological polar surface area (TPSA) is 82.2 Å². The van der Waals surface area contributed by atoms with Crippen LogP contribution in [-0.4, -0.2) is 28.0 Å². The van der Waals surface area contributed by atoms with Crippen LogP contribution in [0.5, 0.6) is 0 Å². The Balaban J connectivity index is 2.05. The monoisotopic (exact) mass is 288 g/mol. The van der Waals surface area contributed by atoms with Crippen molar-refractivity contribution >= 4 is 22.8 Å². The zero-order valence-corrected chi connectivity index (χ0v) is 12.2. The molecule has 0 bridgehead atoms. The van der Waals surface area contributed by atoms with Crippen LogP contribution < -0.4 is 5.32 Å². The fourth-order valence-electron chi connectivity index (χ4n) is 2.39. The van der Waals surface area contributed by atoms with Gasteiger partial charge in [0.25, 0.3) is 0 Å². The molecule has 112 valence electrons. The first-order chi connectivity index (χ1) is 9.97. The van der Waals surface area contributed by atoms with Crippen LogP contribution in [0.1, 0.15) is 25.8 Å². The molecule has 0 aliphatic carbocycles. The number of H-pyrrole nitrogens is 1. The Bertz CT molecular complexity index is 646. The molecule has 5 heteroatoms. The van der Waals surface area contributed by atoms with E-state index in [2.05, 4.69) is 10.3 Å². The summed E-state index contributed by atoms with van der Waals surface area (Å²) in [5.41, 5.74) is 1.84. The maximum atomic E-state index is 12.1. The van der Waals surface area contributed by atoms with Gasteiger partial charge in [0.1, 0.15) is 6.04 Å². The highest BCUT2D eigenvalue weighted by Crippen LogP contribution is 2.18. The van der Waals surface area contributed by atoms with Gasteiger partial charge < -0.3 is 15.4 Å². The van der Waals surface area contributed by atoms with Crippen LogP contribution in [0.15, 0.2) is 30.5 Å². The largest absolute Gasteiger partial charge is 0.480 e. The summed E-state index contributed by atoms with van der Waals surface area (Å²) in [7, 11) is 0. The molecule has 0 radical (unpaired) electrons. The quantitative estimate of drug-likeness (QED) is 0.763. The van der Waals surface area contributed by atoms with Gasteiger partial charge in [-0.25, -0.2) is 4.79 Å². The van der Waals surface area contributed by atoms with Gasteiger partial charge in [0.15, 0.2) is 0 Å². The van der Waals surface area contributed by atoms with Crippen LogP contribution >= 0.6 is 0 Å². The van der Waals surface area contributed by atoms with Crippen LogP contribution in [0, 0.1) is 5.92 Å². The number of rotatable bonds is 6.